The van der Waals surface area contributed by atoms with E-state index in [1.54, 1.807) is 24.3 Å². The van der Waals surface area contributed by atoms with Crippen LogP contribution in [0.2, 0.25) is 5.02 Å². The van der Waals surface area contributed by atoms with Crippen molar-refractivity contribution in [3.63, 3.8) is 0 Å². The van der Waals surface area contributed by atoms with Crippen LogP contribution in [0.4, 0.5) is 19.0 Å². The number of halogens is 4. The molecule has 2 fully saturated rings. The fourth-order valence-corrected chi connectivity index (χ4v) is 7.85. The number of furan rings is 1. The molecule has 0 spiro atoms. The number of hydrogen-bond acceptors (Lipinski definition) is 8. The first-order valence-corrected chi connectivity index (χ1v) is 15.9. The van der Waals surface area contributed by atoms with E-state index in [1.165, 1.54) is 37.9 Å². The van der Waals surface area contributed by atoms with E-state index in [-0.39, 0.29) is 39.7 Å². The van der Waals surface area contributed by atoms with E-state index < -0.39 is 56.0 Å². The second-order valence-corrected chi connectivity index (χ2v) is 14.8. The van der Waals surface area contributed by atoms with E-state index in [9.17, 15) is 31.9 Å². The molecule has 236 valence electrons. The van der Waals surface area contributed by atoms with Gasteiger partial charge in [0.25, 0.3) is 12.0 Å². The van der Waals surface area contributed by atoms with Crippen LogP contribution in [0.3, 0.4) is 0 Å². The van der Waals surface area contributed by atoms with Gasteiger partial charge in [-0.15, -0.1) is 0 Å². The zero-order valence-electron chi connectivity index (χ0n) is 24.0. The van der Waals surface area contributed by atoms with Gasteiger partial charge in [-0.25, -0.2) is 36.4 Å². The number of nitrogens with zero attached hydrogens (tertiary/aromatic N) is 3. The number of fused-ring (bicyclic) bond motifs is 3. The summed E-state index contributed by atoms with van der Waals surface area (Å²) in [5.41, 5.74) is -1.65. The van der Waals surface area contributed by atoms with Crippen molar-refractivity contribution in [1.29, 1.82) is 0 Å². The first kappa shape index (κ1) is 31.8. The van der Waals surface area contributed by atoms with Gasteiger partial charge < -0.3 is 19.4 Å². The number of benzene rings is 1. The predicted molar refractivity (Wildman–Crippen MR) is 159 cm³/mol. The SMILES string of the molecule is C[C@H]1CS(=O)(=O)C(C)(C)C[C@]1(F)c1cc(Cl)c[nH]c1=O.O=C(O)[C@@H]1CCCN1c1nc(C(F)F)nc2c1oc1ccccc12. The Morgan fingerprint density at radius 3 is 2.64 bits per heavy atom. The molecule has 0 amide bonds. The van der Waals surface area contributed by atoms with E-state index >= 15 is 4.39 Å². The summed E-state index contributed by atoms with van der Waals surface area (Å²) in [6.07, 6.45) is -0.746. The summed E-state index contributed by atoms with van der Waals surface area (Å²) in [6, 6.07) is 7.44. The molecule has 5 heterocycles. The van der Waals surface area contributed by atoms with Gasteiger partial charge in [-0.1, -0.05) is 30.7 Å². The lowest BCUT2D eigenvalue weighted by molar-refractivity contribution is -0.138. The minimum atomic E-state index is -3.40. The summed E-state index contributed by atoms with van der Waals surface area (Å²) in [4.78, 5) is 35.1. The number of carboxylic acid groups (broad SMARTS) is 1. The molecule has 1 aromatic carbocycles. The maximum atomic E-state index is 15.4. The number of para-hydroxylation sites is 1. The summed E-state index contributed by atoms with van der Waals surface area (Å²) in [5, 5.41) is 10.2. The number of rotatable bonds is 4. The Labute approximate surface area is 255 Å². The van der Waals surface area contributed by atoms with Crippen molar-refractivity contribution in [2.45, 2.75) is 62.9 Å². The Morgan fingerprint density at radius 2 is 1.95 bits per heavy atom. The molecular weight excluding hydrogens is 625 g/mol. The van der Waals surface area contributed by atoms with Crippen LogP contribution in [0.15, 0.2) is 45.7 Å². The van der Waals surface area contributed by atoms with Crippen LogP contribution in [0.25, 0.3) is 22.1 Å². The van der Waals surface area contributed by atoms with Gasteiger partial charge in [-0.2, -0.15) is 0 Å². The van der Waals surface area contributed by atoms with E-state index in [2.05, 4.69) is 15.0 Å². The quantitative estimate of drug-likeness (QED) is 0.279. The molecule has 2 aliphatic heterocycles. The first-order chi connectivity index (χ1) is 20.6. The second-order valence-electron chi connectivity index (χ2n) is 11.7. The summed E-state index contributed by atoms with van der Waals surface area (Å²) < 4.78 is 70.6. The van der Waals surface area contributed by atoms with Crippen LogP contribution in [-0.4, -0.2) is 57.5 Å². The average Bonchev–Trinajstić information content (AvgIpc) is 3.58. The lowest BCUT2D eigenvalue weighted by atomic mass is 9.78. The lowest BCUT2D eigenvalue weighted by Gasteiger charge is -2.43. The van der Waals surface area contributed by atoms with Gasteiger partial charge in [-0.3, -0.25) is 4.79 Å². The van der Waals surface area contributed by atoms with Crippen molar-refractivity contribution in [1.82, 2.24) is 15.0 Å². The number of nitrogens with one attached hydrogen (secondary N) is 1. The zero-order chi connectivity index (χ0) is 32.2. The number of aliphatic carboxylic acids is 1. The van der Waals surface area contributed by atoms with Crippen LogP contribution in [0.1, 0.15) is 57.8 Å². The smallest absolute Gasteiger partial charge is 0.326 e. The molecule has 2 saturated heterocycles. The van der Waals surface area contributed by atoms with Gasteiger partial charge in [0.15, 0.2) is 27.1 Å². The molecule has 0 bridgehead atoms. The Hall–Kier alpha value is -3.65. The highest BCUT2D eigenvalue weighted by Gasteiger charge is 2.55. The monoisotopic (exact) mass is 654 g/mol. The Kier molecular flexibility index (Phi) is 8.21. The topological polar surface area (TPSA) is 146 Å². The molecule has 0 saturated carbocycles. The van der Waals surface area contributed by atoms with E-state index in [1.807, 2.05) is 0 Å². The number of sulfone groups is 1. The largest absolute Gasteiger partial charge is 0.480 e. The molecule has 0 radical (unpaired) electrons. The van der Waals surface area contributed by atoms with E-state index in [4.69, 9.17) is 16.0 Å². The van der Waals surface area contributed by atoms with Crippen LogP contribution in [-0.2, 0) is 20.3 Å². The molecule has 3 atom stereocenters. The molecule has 10 nitrogen and oxygen atoms in total. The first-order valence-electron chi connectivity index (χ1n) is 13.8. The molecule has 2 N–H and O–H groups in total. The van der Waals surface area contributed by atoms with Gasteiger partial charge in [0.1, 0.15) is 22.8 Å². The number of hydrogen-bond donors (Lipinski definition) is 2. The molecule has 0 aliphatic carbocycles. The number of alkyl halides is 3. The molecule has 3 aromatic heterocycles. The standard InChI is InChI=1S/C16H13F2N3O3.C13H17ClFNO3S/c17-13(18)14-19-11-8-4-1-2-6-10(8)24-12(11)15(20-14)21-7-3-5-9(21)16(22)23;1-8-6-20(18,19)12(2,3)7-13(8,15)10-4-9(14)5-16-11(10)17/h1-2,4,6,9,13H,3,5,7H2,(H,22,23);4-5,8H,6-7H2,1-3H3,(H,16,17)/t9-;8-,13+/m00/s1. The summed E-state index contributed by atoms with van der Waals surface area (Å²) >= 11 is 5.82. The van der Waals surface area contributed by atoms with Crippen LogP contribution in [0, 0.1) is 5.92 Å². The van der Waals surface area contributed by atoms with Crippen LogP contribution >= 0.6 is 11.6 Å². The van der Waals surface area contributed by atoms with E-state index in [0.29, 0.717) is 30.4 Å². The third kappa shape index (κ3) is 5.53. The summed E-state index contributed by atoms with van der Waals surface area (Å²) in [7, 11) is -3.40. The molecule has 6 rings (SSSR count). The molecule has 0 unspecified atom stereocenters. The Bertz CT molecular complexity index is 1910. The van der Waals surface area contributed by atoms with Gasteiger partial charge in [0.2, 0.25) is 0 Å². The van der Waals surface area contributed by atoms with Crippen molar-refractivity contribution in [3.05, 3.63) is 63.3 Å². The van der Waals surface area contributed by atoms with Gasteiger partial charge in [0, 0.05) is 30.5 Å². The van der Waals surface area contributed by atoms with Gasteiger partial charge >= 0.3 is 5.97 Å². The molecular formula is C29H30ClF3N4O6S. The molecule has 15 heteroatoms. The van der Waals surface area contributed by atoms with Crippen LogP contribution < -0.4 is 10.5 Å². The molecule has 44 heavy (non-hydrogen) atoms. The molecule has 4 aromatic rings. The fourth-order valence-electron chi connectivity index (χ4n) is 5.88. The summed E-state index contributed by atoms with van der Waals surface area (Å²) in [5.74, 6) is -2.60. The number of carbonyl (C=O) groups is 1. The van der Waals surface area contributed by atoms with Crippen molar-refractivity contribution >= 4 is 55.3 Å². The number of aromatic amines is 1. The van der Waals surface area contributed by atoms with Crippen LogP contribution in [0.5, 0.6) is 0 Å². The Balaban J connectivity index is 0.000000178. The highest BCUT2D eigenvalue weighted by molar-refractivity contribution is 7.92. The van der Waals surface area contributed by atoms with Crippen molar-refractivity contribution in [3.8, 4) is 0 Å². The highest BCUT2D eigenvalue weighted by atomic mass is 35.5. The third-order valence-electron chi connectivity index (χ3n) is 8.32. The predicted octanol–water partition coefficient (Wildman–Crippen LogP) is 5.79. The van der Waals surface area contributed by atoms with E-state index in [0.717, 1.165) is 0 Å². The molecule has 2 aliphatic rings. The maximum Gasteiger partial charge on any atom is 0.326 e. The number of anilines is 1. The third-order valence-corrected chi connectivity index (χ3v) is 11.3. The normalized spacial score (nSPS) is 24.4. The minimum Gasteiger partial charge on any atom is -0.480 e. The number of carboxylic acids is 1. The number of aromatic nitrogens is 3. The van der Waals surface area contributed by atoms with Crippen molar-refractivity contribution in [2.75, 3.05) is 17.2 Å². The van der Waals surface area contributed by atoms with Gasteiger partial charge in [-0.05, 0) is 44.9 Å². The lowest BCUT2D eigenvalue weighted by Crippen LogP contribution is -2.52. The number of H-pyrrole nitrogens is 1. The Morgan fingerprint density at radius 1 is 1.25 bits per heavy atom. The fraction of sp³-hybridized carbons (Fsp3) is 0.448. The highest BCUT2D eigenvalue weighted by Crippen LogP contribution is 2.48. The summed E-state index contributed by atoms with van der Waals surface area (Å²) in [6.45, 7) is 4.90. The van der Waals surface area contributed by atoms with Crippen molar-refractivity contribution in [2.24, 2.45) is 5.92 Å². The minimum absolute atomic E-state index is 0.0968. The van der Waals surface area contributed by atoms with Gasteiger partial charge in [0.05, 0.1) is 21.1 Å². The average molecular weight is 655 g/mol. The second kappa shape index (κ2) is 11.4. The zero-order valence-corrected chi connectivity index (χ0v) is 25.6. The van der Waals surface area contributed by atoms with Crippen molar-refractivity contribution < 1.29 is 35.9 Å². The maximum absolute atomic E-state index is 15.4. The number of pyridine rings is 1.